The number of piperazine rings is 1. The van der Waals surface area contributed by atoms with Gasteiger partial charge in [0, 0.05) is 49.1 Å². The molecule has 2 saturated heterocycles. The zero-order valence-electron chi connectivity index (χ0n) is 13.2. The summed E-state index contributed by atoms with van der Waals surface area (Å²) in [7, 11) is 0. The van der Waals surface area contributed by atoms with Crippen LogP contribution in [0.4, 0.5) is 5.00 Å². The summed E-state index contributed by atoms with van der Waals surface area (Å²) in [5.41, 5.74) is 0. The van der Waals surface area contributed by atoms with Crippen molar-refractivity contribution in [3.63, 3.8) is 0 Å². The van der Waals surface area contributed by atoms with Gasteiger partial charge in [0.05, 0.1) is 4.92 Å². The number of nitrogens with zero attached hydrogens (tertiary/aromatic N) is 3. The lowest BCUT2D eigenvalue weighted by Gasteiger charge is -2.40. The molecule has 3 heterocycles. The average Bonchev–Trinajstić information content (AvgIpc) is 3.10. The van der Waals surface area contributed by atoms with Crippen LogP contribution in [0.3, 0.4) is 0 Å². The quantitative estimate of drug-likeness (QED) is 0.613. The van der Waals surface area contributed by atoms with Crippen molar-refractivity contribution in [2.45, 2.75) is 38.3 Å². The molecule has 2 atom stereocenters. The smallest absolute Gasteiger partial charge is 0.324 e. The van der Waals surface area contributed by atoms with Crippen molar-refractivity contribution < 1.29 is 9.72 Å². The number of hydrogen-bond donors (Lipinski definition) is 0. The summed E-state index contributed by atoms with van der Waals surface area (Å²) in [5, 5.41) is 10.9. The Hall–Kier alpha value is -1.73. The van der Waals surface area contributed by atoms with E-state index in [4.69, 9.17) is 0 Å². The Morgan fingerprint density at radius 2 is 2.09 bits per heavy atom. The fourth-order valence-electron chi connectivity index (χ4n) is 3.58. The molecule has 2 aliphatic rings. The lowest BCUT2D eigenvalue weighted by molar-refractivity contribution is -0.380. The molecule has 0 saturated carbocycles. The number of nitro groups is 1. The molecule has 0 spiro atoms. The number of carbonyl (C=O) groups excluding carboxylic acids is 1. The van der Waals surface area contributed by atoms with E-state index in [-0.39, 0.29) is 15.8 Å². The molecule has 7 heteroatoms. The third-order valence-electron chi connectivity index (χ3n) is 4.59. The number of hydrogen-bond acceptors (Lipinski definition) is 5. The van der Waals surface area contributed by atoms with Crippen molar-refractivity contribution in [2.75, 3.05) is 19.6 Å². The molecule has 0 aliphatic carbocycles. The maximum Gasteiger partial charge on any atom is 0.324 e. The van der Waals surface area contributed by atoms with Crippen molar-refractivity contribution in [2.24, 2.45) is 0 Å². The number of likely N-dealkylation sites (tertiary alicyclic amines) is 1. The van der Waals surface area contributed by atoms with E-state index in [1.807, 2.05) is 13.0 Å². The molecule has 2 fully saturated rings. The predicted molar refractivity (Wildman–Crippen MR) is 90.4 cm³/mol. The number of carbonyl (C=O) groups is 1. The first-order valence-electron chi connectivity index (χ1n) is 8.02. The molecule has 1 amide bonds. The van der Waals surface area contributed by atoms with Gasteiger partial charge in [-0.2, -0.15) is 0 Å². The summed E-state index contributed by atoms with van der Waals surface area (Å²) in [4.78, 5) is 27.7. The van der Waals surface area contributed by atoms with Crippen LogP contribution in [0, 0.1) is 10.1 Å². The third kappa shape index (κ3) is 3.45. The maximum atomic E-state index is 12.0. The lowest BCUT2D eigenvalue weighted by Crippen LogP contribution is -2.55. The van der Waals surface area contributed by atoms with Crippen LogP contribution in [0.5, 0.6) is 0 Å². The van der Waals surface area contributed by atoms with Crippen LogP contribution in [0.25, 0.3) is 6.08 Å². The van der Waals surface area contributed by atoms with E-state index in [0.717, 1.165) is 37.4 Å². The second-order valence-corrected chi connectivity index (χ2v) is 7.19. The van der Waals surface area contributed by atoms with Crippen molar-refractivity contribution in [3.8, 4) is 0 Å². The fraction of sp³-hybridized carbons (Fsp3) is 0.562. The molecule has 1 aromatic rings. The van der Waals surface area contributed by atoms with Crippen molar-refractivity contribution in [3.05, 3.63) is 33.2 Å². The molecular weight excluding hydrogens is 314 g/mol. The van der Waals surface area contributed by atoms with Gasteiger partial charge in [-0.05, 0) is 25.0 Å². The van der Waals surface area contributed by atoms with Crippen LogP contribution in [0.15, 0.2) is 18.2 Å². The Labute approximate surface area is 139 Å². The molecule has 2 unspecified atom stereocenters. The van der Waals surface area contributed by atoms with Gasteiger partial charge >= 0.3 is 5.00 Å². The highest BCUT2D eigenvalue weighted by molar-refractivity contribution is 7.16. The normalized spacial score (nSPS) is 24.5. The van der Waals surface area contributed by atoms with Gasteiger partial charge < -0.3 is 4.90 Å². The molecule has 23 heavy (non-hydrogen) atoms. The molecule has 0 radical (unpaired) electrons. The lowest BCUT2D eigenvalue weighted by atomic mass is 10.1. The first-order chi connectivity index (χ1) is 11.1. The molecule has 2 bridgehead atoms. The summed E-state index contributed by atoms with van der Waals surface area (Å²) in [6.07, 6.45) is 6.81. The Bertz CT molecular complexity index is 614. The van der Waals surface area contributed by atoms with Gasteiger partial charge in [-0.25, -0.2) is 0 Å². The summed E-state index contributed by atoms with van der Waals surface area (Å²) in [6.45, 7) is 4.61. The minimum absolute atomic E-state index is 0.175. The predicted octanol–water partition coefficient (Wildman–Crippen LogP) is 2.75. The number of fused-ring (bicyclic) bond motifs is 2. The van der Waals surface area contributed by atoms with Crippen molar-refractivity contribution in [1.82, 2.24) is 9.80 Å². The highest BCUT2D eigenvalue weighted by atomic mass is 32.1. The zero-order chi connectivity index (χ0) is 16.4. The van der Waals surface area contributed by atoms with Gasteiger partial charge in [-0.1, -0.05) is 24.3 Å². The molecule has 2 aliphatic heterocycles. The van der Waals surface area contributed by atoms with Crippen LogP contribution in [-0.4, -0.2) is 52.3 Å². The Kier molecular flexibility index (Phi) is 4.77. The van der Waals surface area contributed by atoms with E-state index in [1.165, 1.54) is 11.3 Å². The van der Waals surface area contributed by atoms with Gasteiger partial charge in [0.2, 0.25) is 5.91 Å². The summed E-state index contributed by atoms with van der Waals surface area (Å²) >= 11 is 1.19. The Morgan fingerprint density at radius 1 is 1.39 bits per heavy atom. The van der Waals surface area contributed by atoms with Gasteiger partial charge in [0.15, 0.2) is 0 Å². The van der Waals surface area contributed by atoms with E-state index >= 15 is 0 Å². The average molecular weight is 335 g/mol. The fourth-order valence-corrected chi connectivity index (χ4v) is 4.33. The number of rotatable bonds is 5. The van der Waals surface area contributed by atoms with Crippen LogP contribution in [0.1, 0.15) is 31.1 Å². The van der Waals surface area contributed by atoms with E-state index in [2.05, 4.69) is 15.9 Å². The van der Waals surface area contributed by atoms with Crippen LogP contribution >= 0.6 is 11.3 Å². The highest BCUT2D eigenvalue weighted by Crippen LogP contribution is 2.31. The number of amides is 1. The van der Waals surface area contributed by atoms with Crippen molar-refractivity contribution in [1.29, 1.82) is 0 Å². The summed E-state index contributed by atoms with van der Waals surface area (Å²) in [5.74, 6) is 0.276. The first kappa shape index (κ1) is 16.1. The van der Waals surface area contributed by atoms with Gasteiger partial charge in [0.1, 0.15) is 0 Å². The molecule has 1 aromatic heterocycles. The first-order valence-corrected chi connectivity index (χ1v) is 8.84. The SMILES string of the molecule is CCC(=O)N1C2CCC1CN(CC=Cc1ccc([N+](=O)[O-])s1)C2. The topological polar surface area (TPSA) is 66.7 Å². The largest absolute Gasteiger partial charge is 0.334 e. The van der Waals surface area contributed by atoms with Gasteiger partial charge in [-0.3, -0.25) is 19.8 Å². The summed E-state index contributed by atoms with van der Waals surface area (Å²) < 4.78 is 0. The molecular formula is C16H21N3O3S. The maximum absolute atomic E-state index is 12.0. The van der Waals surface area contributed by atoms with Gasteiger partial charge in [-0.15, -0.1) is 0 Å². The molecule has 3 rings (SSSR count). The highest BCUT2D eigenvalue weighted by Gasteiger charge is 2.41. The van der Waals surface area contributed by atoms with E-state index in [9.17, 15) is 14.9 Å². The third-order valence-corrected chi connectivity index (χ3v) is 5.59. The minimum Gasteiger partial charge on any atom is -0.334 e. The van der Waals surface area contributed by atoms with Crippen LogP contribution in [-0.2, 0) is 4.79 Å². The second-order valence-electron chi connectivity index (χ2n) is 6.09. The van der Waals surface area contributed by atoms with Gasteiger partial charge in [0.25, 0.3) is 0 Å². The van der Waals surface area contributed by atoms with E-state index < -0.39 is 0 Å². The van der Waals surface area contributed by atoms with E-state index in [0.29, 0.717) is 18.5 Å². The summed E-state index contributed by atoms with van der Waals surface area (Å²) in [6, 6.07) is 4.04. The zero-order valence-corrected chi connectivity index (χ0v) is 14.0. The number of thiophene rings is 1. The molecule has 0 aromatic carbocycles. The van der Waals surface area contributed by atoms with Crippen LogP contribution in [0.2, 0.25) is 0 Å². The Morgan fingerprint density at radius 3 is 2.65 bits per heavy atom. The molecule has 0 N–H and O–H groups in total. The second kappa shape index (κ2) is 6.80. The standard InChI is InChI=1S/C16H21N3O3S/c1-2-15(20)18-12-5-6-13(18)11-17(10-12)9-3-4-14-7-8-16(23-14)19(21)22/h3-4,7-8,12-13H,2,5-6,9-11H2,1H3. The van der Waals surface area contributed by atoms with Crippen molar-refractivity contribution >= 4 is 28.3 Å². The molecule has 6 nitrogen and oxygen atoms in total. The monoisotopic (exact) mass is 335 g/mol. The minimum atomic E-state index is -0.357. The Balaban J connectivity index is 1.55. The van der Waals surface area contributed by atoms with Crippen LogP contribution < -0.4 is 0 Å². The van der Waals surface area contributed by atoms with E-state index in [1.54, 1.807) is 12.1 Å². The molecule has 124 valence electrons.